The van der Waals surface area contributed by atoms with Crippen molar-refractivity contribution in [2.45, 2.75) is 12.7 Å². The fourth-order valence-electron chi connectivity index (χ4n) is 1.70. The molecule has 0 aromatic rings. The molecule has 2 rings (SSSR count). The van der Waals surface area contributed by atoms with Crippen molar-refractivity contribution >= 4 is 0 Å². The molecule has 0 spiro atoms. The molecule has 0 bridgehead atoms. The molecule has 2 saturated heterocycles. The van der Waals surface area contributed by atoms with Crippen molar-refractivity contribution in [3.05, 3.63) is 0 Å². The van der Waals surface area contributed by atoms with Crippen LogP contribution in [0.2, 0.25) is 0 Å². The maximum absolute atomic E-state index is 5.39. The lowest BCUT2D eigenvalue weighted by atomic mass is 10.4. The molecule has 0 N–H and O–H groups in total. The van der Waals surface area contributed by atoms with E-state index in [4.69, 9.17) is 14.2 Å². The SMILES string of the molecule is C1COCCN(CC2OCCO2)C1. The fraction of sp³-hybridized carbons (Fsp3) is 1.00. The lowest BCUT2D eigenvalue weighted by Crippen LogP contribution is -2.34. The van der Waals surface area contributed by atoms with Crippen LogP contribution in [-0.4, -0.2) is 57.3 Å². The summed E-state index contributed by atoms with van der Waals surface area (Å²) in [7, 11) is 0. The molecule has 2 fully saturated rings. The normalized spacial score (nSPS) is 27.7. The van der Waals surface area contributed by atoms with Gasteiger partial charge >= 0.3 is 0 Å². The van der Waals surface area contributed by atoms with E-state index in [0.29, 0.717) is 0 Å². The first-order valence-electron chi connectivity index (χ1n) is 4.98. The molecular weight excluding hydrogens is 170 g/mol. The quantitative estimate of drug-likeness (QED) is 0.612. The van der Waals surface area contributed by atoms with Gasteiger partial charge < -0.3 is 14.2 Å². The molecule has 13 heavy (non-hydrogen) atoms. The predicted octanol–water partition coefficient (Wildman–Crippen LogP) is 0.0816. The smallest absolute Gasteiger partial charge is 0.170 e. The fourth-order valence-corrected chi connectivity index (χ4v) is 1.70. The van der Waals surface area contributed by atoms with Gasteiger partial charge in [0.15, 0.2) is 6.29 Å². The van der Waals surface area contributed by atoms with Gasteiger partial charge in [-0.25, -0.2) is 0 Å². The summed E-state index contributed by atoms with van der Waals surface area (Å²) in [5, 5.41) is 0. The summed E-state index contributed by atoms with van der Waals surface area (Å²) < 4.78 is 16.1. The average Bonchev–Trinajstić information content (AvgIpc) is 2.49. The average molecular weight is 187 g/mol. The Hall–Kier alpha value is -0.160. The molecule has 0 unspecified atom stereocenters. The van der Waals surface area contributed by atoms with E-state index in [9.17, 15) is 0 Å². The van der Waals surface area contributed by atoms with Gasteiger partial charge in [-0.15, -0.1) is 0 Å². The molecule has 0 saturated carbocycles. The summed E-state index contributed by atoms with van der Waals surface area (Å²) in [6.45, 7) is 6.22. The second-order valence-electron chi connectivity index (χ2n) is 3.44. The predicted molar refractivity (Wildman–Crippen MR) is 47.6 cm³/mol. The molecule has 2 aliphatic rings. The van der Waals surface area contributed by atoms with Crippen LogP contribution in [0, 0.1) is 0 Å². The molecule has 2 heterocycles. The van der Waals surface area contributed by atoms with Gasteiger partial charge in [-0.05, 0) is 6.42 Å². The number of hydrogen-bond acceptors (Lipinski definition) is 4. The molecule has 76 valence electrons. The highest BCUT2D eigenvalue weighted by Crippen LogP contribution is 2.07. The minimum atomic E-state index is -0.00176. The third-order valence-electron chi connectivity index (χ3n) is 2.41. The molecule has 0 radical (unpaired) electrons. The van der Waals surface area contributed by atoms with Crippen LogP contribution in [0.4, 0.5) is 0 Å². The first kappa shape index (κ1) is 9.40. The summed E-state index contributed by atoms with van der Waals surface area (Å²) >= 11 is 0. The van der Waals surface area contributed by atoms with Crippen LogP contribution in [0.1, 0.15) is 6.42 Å². The van der Waals surface area contributed by atoms with Crippen molar-refractivity contribution in [1.82, 2.24) is 4.90 Å². The molecule has 4 nitrogen and oxygen atoms in total. The maximum Gasteiger partial charge on any atom is 0.170 e. The topological polar surface area (TPSA) is 30.9 Å². The summed E-state index contributed by atoms with van der Waals surface area (Å²) in [6.07, 6.45) is 1.12. The van der Waals surface area contributed by atoms with Crippen molar-refractivity contribution in [3.63, 3.8) is 0 Å². The van der Waals surface area contributed by atoms with E-state index in [2.05, 4.69) is 4.90 Å². The Morgan fingerprint density at radius 1 is 1.00 bits per heavy atom. The molecule has 0 aliphatic carbocycles. The number of ether oxygens (including phenoxy) is 3. The van der Waals surface area contributed by atoms with Gasteiger partial charge in [-0.3, -0.25) is 4.90 Å². The van der Waals surface area contributed by atoms with Crippen LogP contribution in [0.25, 0.3) is 0 Å². The summed E-state index contributed by atoms with van der Waals surface area (Å²) in [5.74, 6) is 0. The zero-order chi connectivity index (χ0) is 8.93. The van der Waals surface area contributed by atoms with E-state index in [0.717, 1.165) is 52.5 Å². The van der Waals surface area contributed by atoms with E-state index in [1.54, 1.807) is 0 Å². The van der Waals surface area contributed by atoms with Crippen LogP contribution in [0.5, 0.6) is 0 Å². The molecule has 0 atom stereocenters. The molecule has 0 amide bonds. The first-order valence-corrected chi connectivity index (χ1v) is 4.98. The summed E-state index contributed by atoms with van der Waals surface area (Å²) in [5.41, 5.74) is 0. The summed E-state index contributed by atoms with van der Waals surface area (Å²) in [6, 6.07) is 0. The molecule has 4 heteroatoms. The maximum atomic E-state index is 5.39. The van der Waals surface area contributed by atoms with Gasteiger partial charge in [0.05, 0.1) is 19.8 Å². The van der Waals surface area contributed by atoms with Crippen molar-refractivity contribution in [2.75, 3.05) is 46.1 Å². The highest BCUT2D eigenvalue weighted by molar-refractivity contribution is 4.64. The third-order valence-corrected chi connectivity index (χ3v) is 2.41. The first-order chi connectivity index (χ1) is 6.45. The highest BCUT2D eigenvalue weighted by atomic mass is 16.7. The Bertz CT molecular complexity index is 140. The second kappa shape index (κ2) is 4.91. The zero-order valence-electron chi connectivity index (χ0n) is 7.91. The lowest BCUT2D eigenvalue weighted by molar-refractivity contribution is -0.0617. The van der Waals surface area contributed by atoms with Crippen molar-refractivity contribution < 1.29 is 14.2 Å². The van der Waals surface area contributed by atoms with Crippen molar-refractivity contribution in [3.8, 4) is 0 Å². The van der Waals surface area contributed by atoms with E-state index in [-0.39, 0.29) is 6.29 Å². The van der Waals surface area contributed by atoms with Gasteiger partial charge in [0.25, 0.3) is 0 Å². The Morgan fingerprint density at radius 3 is 2.69 bits per heavy atom. The standard InChI is InChI=1S/C9H17NO3/c1-2-10(3-5-11-4-1)8-9-12-6-7-13-9/h9H,1-8H2. The Morgan fingerprint density at radius 2 is 1.85 bits per heavy atom. The number of rotatable bonds is 2. The molecule has 2 aliphatic heterocycles. The lowest BCUT2D eigenvalue weighted by Gasteiger charge is -2.21. The number of hydrogen-bond donors (Lipinski definition) is 0. The van der Waals surface area contributed by atoms with Crippen LogP contribution < -0.4 is 0 Å². The molecule has 0 aromatic heterocycles. The van der Waals surface area contributed by atoms with Gasteiger partial charge in [0, 0.05) is 26.2 Å². The van der Waals surface area contributed by atoms with Crippen LogP contribution in [0.15, 0.2) is 0 Å². The minimum Gasteiger partial charge on any atom is -0.380 e. The Kier molecular flexibility index (Phi) is 3.55. The largest absolute Gasteiger partial charge is 0.380 e. The van der Waals surface area contributed by atoms with Crippen molar-refractivity contribution in [2.24, 2.45) is 0 Å². The summed E-state index contributed by atoms with van der Waals surface area (Å²) in [4.78, 5) is 2.35. The van der Waals surface area contributed by atoms with Gasteiger partial charge in [0.2, 0.25) is 0 Å². The van der Waals surface area contributed by atoms with E-state index < -0.39 is 0 Å². The monoisotopic (exact) mass is 187 g/mol. The van der Waals surface area contributed by atoms with Gasteiger partial charge in [0.1, 0.15) is 0 Å². The number of nitrogens with zero attached hydrogens (tertiary/aromatic N) is 1. The van der Waals surface area contributed by atoms with E-state index in [1.807, 2.05) is 0 Å². The van der Waals surface area contributed by atoms with E-state index in [1.165, 1.54) is 0 Å². The molecular formula is C9H17NO3. The Labute approximate surface area is 78.7 Å². The highest BCUT2D eigenvalue weighted by Gasteiger charge is 2.20. The Balaban J connectivity index is 1.71. The van der Waals surface area contributed by atoms with Gasteiger partial charge in [-0.2, -0.15) is 0 Å². The zero-order valence-corrected chi connectivity index (χ0v) is 7.91. The van der Waals surface area contributed by atoms with Gasteiger partial charge in [-0.1, -0.05) is 0 Å². The van der Waals surface area contributed by atoms with Crippen molar-refractivity contribution in [1.29, 1.82) is 0 Å². The minimum absolute atomic E-state index is 0.00176. The van der Waals surface area contributed by atoms with Crippen LogP contribution >= 0.6 is 0 Å². The van der Waals surface area contributed by atoms with Crippen LogP contribution in [0.3, 0.4) is 0 Å². The molecule has 0 aromatic carbocycles. The third kappa shape index (κ3) is 2.91. The van der Waals surface area contributed by atoms with E-state index >= 15 is 0 Å². The second-order valence-corrected chi connectivity index (χ2v) is 3.44. The van der Waals surface area contributed by atoms with Crippen LogP contribution in [-0.2, 0) is 14.2 Å².